The van der Waals surface area contributed by atoms with E-state index in [0.717, 1.165) is 12.0 Å². The molecule has 1 aliphatic rings. The second kappa shape index (κ2) is 7.16. The van der Waals surface area contributed by atoms with Crippen LogP contribution in [0, 0.1) is 0 Å². The number of amides is 1. The Hall–Kier alpha value is -1.97. The van der Waals surface area contributed by atoms with Gasteiger partial charge in [0.2, 0.25) is 5.91 Å². The monoisotopic (exact) mass is 287 g/mol. The van der Waals surface area contributed by atoms with Crippen LogP contribution >= 0.6 is 0 Å². The van der Waals surface area contributed by atoms with E-state index in [1.807, 2.05) is 24.3 Å². The van der Waals surface area contributed by atoms with Gasteiger partial charge < -0.3 is 5.32 Å². The number of Topliss-reactive ketones (excluding diaryl/α,β-unsaturated/α-hetero) is 2. The van der Waals surface area contributed by atoms with E-state index >= 15 is 0 Å². The molecule has 1 atom stereocenters. The Kier molecular flexibility index (Phi) is 5.26. The summed E-state index contributed by atoms with van der Waals surface area (Å²) >= 11 is 0. The molecule has 4 nitrogen and oxygen atoms in total. The van der Waals surface area contributed by atoms with Gasteiger partial charge in [-0.1, -0.05) is 24.3 Å². The number of carbonyl (C=O) groups excluding carboxylic acids is 3. The van der Waals surface area contributed by atoms with Gasteiger partial charge in [-0.2, -0.15) is 0 Å². The van der Waals surface area contributed by atoms with E-state index in [1.165, 1.54) is 6.92 Å². The molecule has 1 saturated carbocycles. The molecule has 1 aliphatic carbocycles. The smallest absolute Gasteiger partial charge is 0.216 e. The lowest BCUT2D eigenvalue weighted by Crippen LogP contribution is -2.21. The van der Waals surface area contributed by atoms with Gasteiger partial charge in [0.15, 0.2) is 5.78 Å². The van der Waals surface area contributed by atoms with Crippen molar-refractivity contribution >= 4 is 17.5 Å². The molecule has 0 heterocycles. The minimum atomic E-state index is -0.0714. The minimum absolute atomic E-state index is 0.0714. The highest BCUT2D eigenvalue weighted by molar-refractivity contribution is 5.96. The predicted octanol–water partition coefficient (Wildman–Crippen LogP) is 2.62. The van der Waals surface area contributed by atoms with E-state index in [-0.39, 0.29) is 11.7 Å². The maximum absolute atomic E-state index is 12.0. The number of hydrogen-bond acceptors (Lipinski definition) is 3. The lowest BCUT2D eigenvalue weighted by molar-refractivity contribution is -0.119. The van der Waals surface area contributed by atoms with Crippen LogP contribution in [0.4, 0.5) is 0 Å². The first-order chi connectivity index (χ1) is 10.1. The molecule has 1 aromatic rings. The lowest BCUT2D eigenvalue weighted by Gasteiger charge is -2.09. The van der Waals surface area contributed by atoms with Gasteiger partial charge in [-0.25, -0.2) is 0 Å². The first kappa shape index (κ1) is 15.4. The highest BCUT2D eigenvalue weighted by Gasteiger charge is 2.23. The van der Waals surface area contributed by atoms with Crippen LogP contribution in [-0.2, 0) is 9.59 Å². The lowest BCUT2D eigenvalue weighted by atomic mass is 9.95. The van der Waals surface area contributed by atoms with E-state index in [0.29, 0.717) is 49.5 Å². The SMILES string of the molecule is CC(=O)NCCCC(=O)c1ccc([C@@H]2CCC(=O)C2)cc1. The molecule has 2 rings (SSSR count). The number of rotatable bonds is 6. The third-order valence-corrected chi connectivity index (χ3v) is 3.90. The summed E-state index contributed by atoms with van der Waals surface area (Å²) in [6.07, 6.45) is 3.31. The Balaban J connectivity index is 1.85. The van der Waals surface area contributed by atoms with Crippen LogP contribution in [0.5, 0.6) is 0 Å². The van der Waals surface area contributed by atoms with Gasteiger partial charge in [0.25, 0.3) is 0 Å². The molecule has 0 spiro atoms. The number of benzene rings is 1. The highest BCUT2D eigenvalue weighted by Crippen LogP contribution is 2.32. The van der Waals surface area contributed by atoms with Crippen molar-refractivity contribution in [3.05, 3.63) is 35.4 Å². The minimum Gasteiger partial charge on any atom is -0.356 e. The van der Waals surface area contributed by atoms with Gasteiger partial charge in [0.1, 0.15) is 5.78 Å². The van der Waals surface area contributed by atoms with Gasteiger partial charge in [-0.15, -0.1) is 0 Å². The van der Waals surface area contributed by atoms with E-state index in [1.54, 1.807) is 0 Å². The maximum atomic E-state index is 12.0. The highest BCUT2D eigenvalue weighted by atomic mass is 16.1. The Bertz CT molecular complexity index is 533. The normalized spacial score (nSPS) is 17.8. The Morgan fingerprint density at radius 3 is 2.52 bits per heavy atom. The van der Waals surface area contributed by atoms with Crippen LogP contribution in [0.2, 0.25) is 0 Å². The van der Waals surface area contributed by atoms with Crippen LogP contribution in [0.15, 0.2) is 24.3 Å². The maximum Gasteiger partial charge on any atom is 0.216 e. The van der Waals surface area contributed by atoms with Crippen LogP contribution in [0.3, 0.4) is 0 Å². The van der Waals surface area contributed by atoms with Gasteiger partial charge in [0, 0.05) is 38.3 Å². The molecule has 4 heteroatoms. The molecule has 0 aromatic heterocycles. The molecule has 1 aromatic carbocycles. The molecule has 112 valence electrons. The van der Waals surface area contributed by atoms with E-state index in [9.17, 15) is 14.4 Å². The summed E-state index contributed by atoms with van der Waals surface area (Å²) in [5.74, 6) is 0.673. The molecule has 1 amide bonds. The zero-order valence-corrected chi connectivity index (χ0v) is 12.4. The van der Waals surface area contributed by atoms with E-state index in [4.69, 9.17) is 0 Å². The molecule has 0 bridgehead atoms. The molecule has 1 fully saturated rings. The number of ketones is 2. The molecular weight excluding hydrogens is 266 g/mol. The van der Waals surface area contributed by atoms with Crippen LogP contribution in [-0.4, -0.2) is 24.0 Å². The fourth-order valence-corrected chi connectivity index (χ4v) is 2.70. The summed E-state index contributed by atoms with van der Waals surface area (Å²) in [7, 11) is 0. The summed E-state index contributed by atoms with van der Waals surface area (Å²) < 4.78 is 0. The van der Waals surface area contributed by atoms with Crippen LogP contribution < -0.4 is 5.32 Å². The topological polar surface area (TPSA) is 63.2 Å². The number of nitrogens with one attached hydrogen (secondary N) is 1. The Morgan fingerprint density at radius 2 is 1.95 bits per heavy atom. The quantitative estimate of drug-likeness (QED) is 0.646. The molecule has 0 unspecified atom stereocenters. The molecule has 21 heavy (non-hydrogen) atoms. The van der Waals surface area contributed by atoms with Gasteiger partial charge >= 0.3 is 0 Å². The standard InChI is InChI=1S/C17H21NO3/c1-12(19)18-10-2-3-17(21)14-6-4-13(5-7-14)15-8-9-16(20)11-15/h4-7,15H,2-3,8-11H2,1H3,(H,18,19)/t15-/m1/s1. The number of hydrogen-bond donors (Lipinski definition) is 1. The first-order valence-corrected chi connectivity index (χ1v) is 7.45. The summed E-state index contributed by atoms with van der Waals surface area (Å²) in [4.78, 5) is 34.0. The third kappa shape index (κ3) is 4.52. The molecule has 1 N–H and O–H groups in total. The van der Waals surface area contributed by atoms with Crippen molar-refractivity contribution < 1.29 is 14.4 Å². The molecule has 0 aliphatic heterocycles. The van der Waals surface area contributed by atoms with Crippen LogP contribution in [0.1, 0.15) is 60.9 Å². The van der Waals surface area contributed by atoms with Gasteiger partial charge in [0.05, 0.1) is 0 Å². The van der Waals surface area contributed by atoms with Crippen molar-refractivity contribution in [1.82, 2.24) is 5.32 Å². The van der Waals surface area contributed by atoms with E-state index < -0.39 is 0 Å². The largest absolute Gasteiger partial charge is 0.356 e. The van der Waals surface area contributed by atoms with Crippen molar-refractivity contribution in [2.45, 2.75) is 44.9 Å². The fraction of sp³-hybridized carbons (Fsp3) is 0.471. The predicted molar refractivity (Wildman–Crippen MR) is 80.3 cm³/mol. The second-order valence-electron chi connectivity index (χ2n) is 5.61. The summed E-state index contributed by atoms with van der Waals surface area (Å²) in [5, 5.41) is 2.68. The van der Waals surface area contributed by atoms with E-state index in [2.05, 4.69) is 5.32 Å². The average Bonchev–Trinajstić information content (AvgIpc) is 2.90. The Morgan fingerprint density at radius 1 is 1.24 bits per heavy atom. The Labute approximate surface area is 124 Å². The fourth-order valence-electron chi connectivity index (χ4n) is 2.70. The van der Waals surface area contributed by atoms with Crippen LogP contribution in [0.25, 0.3) is 0 Å². The van der Waals surface area contributed by atoms with Crippen molar-refractivity contribution in [2.75, 3.05) is 6.54 Å². The molecular formula is C17H21NO3. The zero-order chi connectivity index (χ0) is 15.2. The van der Waals surface area contributed by atoms with Gasteiger partial charge in [-0.05, 0) is 24.3 Å². The first-order valence-electron chi connectivity index (χ1n) is 7.45. The summed E-state index contributed by atoms with van der Waals surface area (Å²) in [5.41, 5.74) is 1.85. The van der Waals surface area contributed by atoms with Crippen molar-refractivity contribution in [3.8, 4) is 0 Å². The number of carbonyl (C=O) groups is 3. The van der Waals surface area contributed by atoms with Crippen molar-refractivity contribution in [2.24, 2.45) is 0 Å². The molecule has 0 saturated heterocycles. The summed E-state index contributed by atoms with van der Waals surface area (Å²) in [6.45, 7) is 2.00. The third-order valence-electron chi connectivity index (χ3n) is 3.90. The second-order valence-corrected chi connectivity index (χ2v) is 5.61. The zero-order valence-electron chi connectivity index (χ0n) is 12.4. The van der Waals surface area contributed by atoms with Crippen molar-refractivity contribution in [1.29, 1.82) is 0 Å². The average molecular weight is 287 g/mol. The van der Waals surface area contributed by atoms with Gasteiger partial charge in [-0.3, -0.25) is 14.4 Å². The summed E-state index contributed by atoms with van der Waals surface area (Å²) in [6, 6.07) is 7.62. The molecule has 0 radical (unpaired) electrons. The van der Waals surface area contributed by atoms with Crippen molar-refractivity contribution in [3.63, 3.8) is 0 Å².